The maximum Gasteiger partial charge on any atom is 0.233 e. The molecular weight excluding hydrogens is 346 g/mol. The average Bonchev–Trinajstić information content (AvgIpc) is 3.01. The predicted octanol–water partition coefficient (Wildman–Crippen LogP) is 2.78. The number of aromatic nitrogens is 4. The number of aryl methyl sites for hydroxylation is 1. The molecule has 0 aliphatic heterocycles. The maximum atomic E-state index is 12.4. The maximum absolute atomic E-state index is 12.4. The van der Waals surface area contributed by atoms with Gasteiger partial charge in [-0.1, -0.05) is 48.2 Å². The monoisotopic (exact) mass is 367 g/mol. The Balaban J connectivity index is 1.60. The number of amides is 1. The standard InChI is InChI=1S/C19H21N5OS/c1-15-21-22-19(24(15)13-16-7-4-3-5-8-16)26-14-18(25)23(2)12-17-9-6-10-20-11-17/h3-11H,12-14H2,1-2H3. The number of thioether (sulfide) groups is 1. The van der Waals surface area contributed by atoms with E-state index in [-0.39, 0.29) is 5.91 Å². The molecule has 0 fully saturated rings. The minimum Gasteiger partial charge on any atom is -0.341 e. The van der Waals surface area contributed by atoms with Gasteiger partial charge in [0.25, 0.3) is 0 Å². The molecule has 0 aliphatic carbocycles. The lowest BCUT2D eigenvalue weighted by molar-refractivity contribution is -0.127. The highest BCUT2D eigenvalue weighted by atomic mass is 32.2. The van der Waals surface area contributed by atoms with Crippen molar-refractivity contribution in [2.75, 3.05) is 12.8 Å². The third-order valence-corrected chi connectivity index (χ3v) is 4.93. The Bertz CT molecular complexity index is 851. The lowest BCUT2D eigenvalue weighted by atomic mass is 10.2. The van der Waals surface area contributed by atoms with Crippen LogP contribution >= 0.6 is 11.8 Å². The van der Waals surface area contributed by atoms with Crippen LogP contribution in [0.2, 0.25) is 0 Å². The summed E-state index contributed by atoms with van der Waals surface area (Å²) in [7, 11) is 1.80. The summed E-state index contributed by atoms with van der Waals surface area (Å²) in [6.07, 6.45) is 3.50. The van der Waals surface area contributed by atoms with Crippen molar-refractivity contribution < 1.29 is 4.79 Å². The van der Waals surface area contributed by atoms with Gasteiger partial charge in [0.05, 0.1) is 12.3 Å². The fourth-order valence-electron chi connectivity index (χ4n) is 2.51. The number of carbonyl (C=O) groups excluding carboxylic acids is 1. The quantitative estimate of drug-likeness (QED) is 0.601. The van der Waals surface area contributed by atoms with Crippen LogP contribution in [0.25, 0.3) is 0 Å². The fraction of sp³-hybridized carbons (Fsp3) is 0.263. The van der Waals surface area contributed by atoms with E-state index in [1.165, 1.54) is 17.3 Å². The zero-order valence-corrected chi connectivity index (χ0v) is 15.7. The van der Waals surface area contributed by atoms with Gasteiger partial charge < -0.3 is 9.47 Å². The molecule has 0 saturated carbocycles. The van der Waals surface area contributed by atoms with Crippen LogP contribution in [-0.2, 0) is 17.9 Å². The van der Waals surface area contributed by atoms with Crippen LogP contribution in [0.3, 0.4) is 0 Å². The normalized spacial score (nSPS) is 10.7. The van der Waals surface area contributed by atoms with E-state index in [0.29, 0.717) is 18.8 Å². The summed E-state index contributed by atoms with van der Waals surface area (Å²) in [5.74, 6) is 1.21. The van der Waals surface area contributed by atoms with E-state index < -0.39 is 0 Å². The Morgan fingerprint density at radius 3 is 2.62 bits per heavy atom. The number of hydrogen-bond acceptors (Lipinski definition) is 5. The molecule has 2 heterocycles. The molecule has 6 nitrogen and oxygen atoms in total. The van der Waals surface area contributed by atoms with Crippen molar-refractivity contribution in [1.82, 2.24) is 24.6 Å². The summed E-state index contributed by atoms with van der Waals surface area (Å²) in [6.45, 7) is 3.17. The van der Waals surface area contributed by atoms with Gasteiger partial charge in [0.15, 0.2) is 5.16 Å². The second-order valence-electron chi connectivity index (χ2n) is 6.00. The smallest absolute Gasteiger partial charge is 0.233 e. The van der Waals surface area contributed by atoms with Crippen molar-refractivity contribution in [2.24, 2.45) is 0 Å². The van der Waals surface area contributed by atoms with E-state index in [9.17, 15) is 4.79 Å². The Hall–Kier alpha value is -2.67. The first-order valence-corrected chi connectivity index (χ1v) is 9.31. The van der Waals surface area contributed by atoms with Crippen LogP contribution in [0, 0.1) is 6.92 Å². The van der Waals surface area contributed by atoms with Gasteiger partial charge in [0.1, 0.15) is 5.82 Å². The third-order valence-electron chi connectivity index (χ3n) is 3.98. The summed E-state index contributed by atoms with van der Waals surface area (Å²) in [6, 6.07) is 14.0. The number of hydrogen-bond donors (Lipinski definition) is 0. The zero-order valence-electron chi connectivity index (χ0n) is 14.9. The highest BCUT2D eigenvalue weighted by molar-refractivity contribution is 7.99. The first-order valence-electron chi connectivity index (χ1n) is 8.33. The molecule has 0 radical (unpaired) electrons. The molecule has 0 unspecified atom stereocenters. The lowest BCUT2D eigenvalue weighted by Crippen LogP contribution is -2.28. The van der Waals surface area contributed by atoms with Crippen molar-refractivity contribution in [1.29, 1.82) is 0 Å². The number of pyridine rings is 1. The Labute approximate surface area is 157 Å². The largest absolute Gasteiger partial charge is 0.341 e. The minimum atomic E-state index is 0.0470. The number of nitrogens with zero attached hydrogens (tertiary/aromatic N) is 5. The van der Waals surface area contributed by atoms with Crippen molar-refractivity contribution in [3.8, 4) is 0 Å². The van der Waals surface area contributed by atoms with Crippen LogP contribution in [0.1, 0.15) is 17.0 Å². The second kappa shape index (κ2) is 8.62. The molecule has 0 N–H and O–H groups in total. The third kappa shape index (κ3) is 4.70. The molecule has 134 valence electrons. The number of rotatable bonds is 7. The van der Waals surface area contributed by atoms with Gasteiger partial charge in [-0.2, -0.15) is 0 Å². The Morgan fingerprint density at radius 1 is 1.12 bits per heavy atom. The van der Waals surface area contributed by atoms with Crippen molar-refractivity contribution in [3.05, 3.63) is 71.8 Å². The second-order valence-corrected chi connectivity index (χ2v) is 6.94. The summed E-state index contributed by atoms with van der Waals surface area (Å²) in [5.41, 5.74) is 2.19. The van der Waals surface area contributed by atoms with Gasteiger partial charge in [-0.15, -0.1) is 10.2 Å². The lowest BCUT2D eigenvalue weighted by Gasteiger charge is -2.17. The molecule has 0 bridgehead atoms. The first-order chi connectivity index (χ1) is 12.6. The predicted molar refractivity (Wildman–Crippen MR) is 102 cm³/mol. The fourth-order valence-corrected chi connectivity index (χ4v) is 3.43. The molecule has 0 spiro atoms. The minimum absolute atomic E-state index is 0.0470. The zero-order chi connectivity index (χ0) is 18.4. The highest BCUT2D eigenvalue weighted by Gasteiger charge is 2.15. The molecule has 1 amide bonds. The molecule has 3 aromatic rings. The van der Waals surface area contributed by atoms with Crippen LogP contribution in [0.15, 0.2) is 60.0 Å². The first kappa shape index (κ1) is 18.1. The molecule has 7 heteroatoms. The molecule has 0 atom stereocenters. The van der Waals surface area contributed by atoms with Gasteiger partial charge >= 0.3 is 0 Å². The van der Waals surface area contributed by atoms with E-state index in [1.807, 2.05) is 41.8 Å². The van der Waals surface area contributed by atoms with E-state index in [2.05, 4.69) is 27.3 Å². The SMILES string of the molecule is Cc1nnc(SCC(=O)N(C)Cc2cccnc2)n1Cc1ccccc1. The van der Waals surface area contributed by atoms with Crippen LogP contribution in [-0.4, -0.2) is 43.4 Å². The van der Waals surface area contributed by atoms with Crippen molar-refractivity contribution in [2.45, 2.75) is 25.2 Å². The van der Waals surface area contributed by atoms with E-state index >= 15 is 0 Å². The molecule has 1 aromatic carbocycles. The van der Waals surface area contributed by atoms with Gasteiger partial charge in [-0.05, 0) is 24.1 Å². The molecule has 26 heavy (non-hydrogen) atoms. The summed E-state index contributed by atoms with van der Waals surface area (Å²) >= 11 is 1.42. The molecule has 0 saturated heterocycles. The van der Waals surface area contributed by atoms with Crippen LogP contribution in [0.5, 0.6) is 0 Å². The number of benzene rings is 1. The highest BCUT2D eigenvalue weighted by Crippen LogP contribution is 2.19. The summed E-state index contributed by atoms with van der Waals surface area (Å²) in [4.78, 5) is 18.2. The summed E-state index contributed by atoms with van der Waals surface area (Å²) in [5, 5.41) is 9.14. The summed E-state index contributed by atoms with van der Waals surface area (Å²) < 4.78 is 2.04. The van der Waals surface area contributed by atoms with Crippen LogP contribution in [0.4, 0.5) is 0 Å². The van der Waals surface area contributed by atoms with Gasteiger partial charge in [0, 0.05) is 26.0 Å². The van der Waals surface area contributed by atoms with Crippen molar-refractivity contribution in [3.63, 3.8) is 0 Å². The molecular formula is C19H21N5OS. The van der Waals surface area contributed by atoms with Gasteiger partial charge in [0.2, 0.25) is 5.91 Å². The van der Waals surface area contributed by atoms with Gasteiger partial charge in [-0.25, -0.2) is 0 Å². The van der Waals surface area contributed by atoms with Gasteiger partial charge in [-0.3, -0.25) is 9.78 Å². The van der Waals surface area contributed by atoms with Crippen LogP contribution < -0.4 is 0 Å². The Morgan fingerprint density at radius 2 is 1.88 bits per heavy atom. The number of carbonyl (C=O) groups is 1. The molecule has 2 aromatic heterocycles. The molecule has 3 rings (SSSR count). The van der Waals surface area contributed by atoms with E-state index in [0.717, 1.165) is 16.5 Å². The average molecular weight is 367 g/mol. The Kier molecular flexibility index (Phi) is 6.01. The molecule has 0 aliphatic rings. The van der Waals surface area contributed by atoms with E-state index in [4.69, 9.17) is 0 Å². The topological polar surface area (TPSA) is 63.9 Å². The van der Waals surface area contributed by atoms with E-state index in [1.54, 1.807) is 24.3 Å². The van der Waals surface area contributed by atoms with Crippen molar-refractivity contribution >= 4 is 17.7 Å².